The quantitative estimate of drug-likeness (QED) is 0.680. The summed E-state index contributed by atoms with van der Waals surface area (Å²) in [5, 5.41) is 3.80. The van der Waals surface area contributed by atoms with Crippen molar-refractivity contribution in [1.29, 1.82) is 0 Å². The number of carbonyl (C=O) groups is 1. The summed E-state index contributed by atoms with van der Waals surface area (Å²) in [7, 11) is 0. The zero-order valence-corrected chi connectivity index (χ0v) is 14.3. The van der Waals surface area contributed by atoms with Crippen LogP contribution in [0.15, 0.2) is 12.1 Å². The van der Waals surface area contributed by atoms with E-state index in [1.54, 1.807) is 0 Å². The number of ether oxygens (including phenoxy) is 1. The highest BCUT2D eigenvalue weighted by molar-refractivity contribution is 14.1. The van der Waals surface area contributed by atoms with Crippen molar-refractivity contribution in [2.75, 3.05) is 5.32 Å². The van der Waals surface area contributed by atoms with Gasteiger partial charge in [-0.3, -0.25) is 5.32 Å². The first kappa shape index (κ1) is 14.8. The Hall–Kier alpha value is -0.600. The number of carbonyl (C=O) groups excluding carboxylic acids is 1. The third-order valence-corrected chi connectivity index (χ3v) is 3.98. The number of benzene rings is 1. The van der Waals surface area contributed by atoms with Crippen LogP contribution in [0.3, 0.4) is 0 Å². The second kappa shape index (κ2) is 5.41. The highest BCUT2D eigenvalue weighted by Gasteiger charge is 2.18. The molecule has 1 N–H and O–H groups in total. The summed E-state index contributed by atoms with van der Waals surface area (Å²) in [6.07, 6.45) is -0.507. The number of amides is 1. The molecule has 2 aromatic rings. The van der Waals surface area contributed by atoms with Gasteiger partial charge in [-0.2, -0.15) is 0 Å². The normalized spacial score (nSPS) is 11.6. The molecule has 0 bridgehead atoms. The number of nitrogens with zero attached hydrogens (tertiary/aromatic N) is 1. The summed E-state index contributed by atoms with van der Waals surface area (Å²) in [4.78, 5) is 16.0. The predicted molar refractivity (Wildman–Crippen MR) is 87.2 cm³/mol. The first-order valence-electron chi connectivity index (χ1n) is 5.50. The maximum atomic E-state index is 11.7. The molecule has 1 aromatic heterocycles. The molecule has 0 atom stereocenters. The van der Waals surface area contributed by atoms with Crippen LogP contribution in [0.25, 0.3) is 10.2 Å². The number of rotatable bonds is 1. The number of hydrogen-bond donors (Lipinski definition) is 1. The van der Waals surface area contributed by atoms with Gasteiger partial charge in [0.05, 0.1) is 10.2 Å². The highest BCUT2D eigenvalue weighted by atomic mass is 127. The van der Waals surface area contributed by atoms with Crippen molar-refractivity contribution in [3.8, 4) is 0 Å². The van der Waals surface area contributed by atoms with Crippen LogP contribution in [0.4, 0.5) is 9.93 Å². The van der Waals surface area contributed by atoms with Crippen molar-refractivity contribution in [3.05, 3.63) is 20.7 Å². The van der Waals surface area contributed by atoms with Crippen molar-refractivity contribution in [2.24, 2.45) is 0 Å². The lowest BCUT2D eigenvalue weighted by Gasteiger charge is -2.18. The second-order valence-electron chi connectivity index (χ2n) is 4.88. The second-order valence-corrected chi connectivity index (χ2v) is 7.51. The van der Waals surface area contributed by atoms with Gasteiger partial charge in [0.25, 0.3) is 0 Å². The SMILES string of the molecule is CC(C)(C)OC(=O)Nc1nc2c(I)cc(Cl)cc2s1. The molecule has 7 heteroatoms. The zero-order valence-electron chi connectivity index (χ0n) is 10.6. The average molecular weight is 411 g/mol. The molecule has 2 rings (SSSR count). The maximum absolute atomic E-state index is 11.7. The minimum absolute atomic E-state index is 0.504. The fourth-order valence-corrected chi connectivity index (χ4v) is 3.72. The van der Waals surface area contributed by atoms with E-state index >= 15 is 0 Å². The summed E-state index contributed by atoms with van der Waals surface area (Å²) >= 11 is 9.52. The molecule has 19 heavy (non-hydrogen) atoms. The maximum Gasteiger partial charge on any atom is 0.413 e. The fraction of sp³-hybridized carbons (Fsp3) is 0.333. The van der Waals surface area contributed by atoms with Crippen molar-refractivity contribution in [1.82, 2.24) is 4.98 Å². The lowest BCUT2D eigenvalue weighted by Crippen LogP contribution is -2.27. The molecule has 1 heterocycles. The smallest absolute Gasteiger partial charge is 0.413 e. The molecule has 0 unspecified atom stereocenters. The zero-order chi connectivity index (χ0) is 14.2. The minimum Gasteiger partial charge on any atom is -0.444 e. The van der Waals surface area contributed by atoms with E-state index in [4.69, 9.17) is 16.3 Å². The van der Waals surface area contributed by atoms with Crippen LogP contribution >= 0.6 is 45.5 Å². The lowest BCUT2D eigenvalue weighted by atomic mass is 10.2. The van der Waals surface area contributed by atoms with Crippen molar-refractivity contribution in [3.63, 3.8) is 0 Å². The van der Waals surface area contributed by atoms with Gasteiger partial charge in [-0.1, -0.05) is 22.9 Å². The molecular weight excluding hydrogens is 399 g/mol. The Bertz CT molecular complexity index is 636. The molecule has 0 aliphatic heterocycles. The van der Waals surface area contributed by atoms with Crippen molar-refractivity contribution >= 4 is 67.0 Å². The van der Waals surface area contributed by atoms with E-state index in [1.807, 2.05) is 32.9 Å². The van der Waals surface area contributed by atoms with Gasteiger partial charge >= 0.3 is 6.09 Å². The number of nitrogens with one attached hydrogen (secondary N) is 1. The monoisotopic (exact) mass is 410 g/mol. The van der Waals surface area contributed by atoms with Gasteiger partial charge in [-0.25, -0.2) is 9.78 Å². The molecule has 0 spiro atoms. The van der Waals surface area contributed by atoms with Crippen molar-refractivity contribution in [2.45, 2.75) is 26.4 Å². The fourth-order valence-electron chi connectivity index (χ4n) is 1.40. The van der Waals surface area contributed by atoms with Crippen LogP contribution in [0.2, 0.25) is 5.02 Å². The molecule has 0 radical (unpaired) electrons. The van der Waals surface area contributed by atoms with Crippen LogP contribution in [0.1, 0.15) is 20.8 Å². The molecule has 0 saturated carbocycles. The molecule has 0 aliphatic rings. The van der Waals surface area contributed by atoms with Crippen molar-refractivity contribution < 1.29 is 9.53 Å². The third-order valence-electron chi connectivity index (χ3n) is 2.02. The molecule has 0 aliphatic carbocycles. The van der Waals surface area contributed by atoms with E-state index in [2.05, 4.69) is 32.9 Å². The van der Waals surface area contributed by atoms with E-state index < -0.39 is 11.7 Å². The Morgan fingerprint density at radius 2 is 2.16 bits per heavy atom. The molecule has 102 valence electrons. The number of hydrogen-bond acceptors (Lipinski definition) is 4. The number of aromatic nitrogens is 1. The minimum atomic E-state index is -0.529. The summed E-state index contributed by atoms with van der Waals surface area (Å²) in [5.41, 5.74) is 0.305. The Kier molecular flexibility index (Phi) is 4.22. The summed E-state index contributed by atoms with van der Waals surface area (Å²) in [5.74, 6) is 0. The van der Waals surface area contributed by atoms with Crippen LogP contribution in [0.5, 0.6) is 0 Å². The van der Waals surface area contributed by atoms with E-state index in [-0.39, 0.29) is 0 Å². The molecule has 1 amide bonds. The molecule has 0 fully saturated rings. The Labute approximate surface area is 133 Å². The highest BCUT2D eigenvalue weighted by Crippen LogP contribution is 2.32. The lowest BCUT2D eigenvalue weighted by molar-refractivity contribution is 0.0636. The summed E-state index contributed by atoms with van der Waals surface area (Å²) in [6, 6.07) is 3.67. The topological polar surface area (TPSA) is 51.2 Å². The van der Waals surface area contributed by atoms with E-state index in [9.17, 15) is 4.79 Å². The average Bonchev–Trinajstić information content (AvgIpc) is 2.56. The van der Waals surface area contributed by atoms with Gasteiger partial charge in [0.1, 0.15) is 5.60 Å². The number of halogens is 2. The van der Waals surface area contributed by atoms with Gasteiger partial charge in [-0.05, 0) is 55.5 Å². The molecular formula is C12H12ClIN2O2S. The Balaban J connectivity index is 2.23. The molecule has 1 aromatic carbocycles. The third kappa shape index (κ3) is 3.93. The van der Waals surface area contributed by atoms with Crippen LogP contribution in [0, 0.1) is 3.57 Å². The van der Waals surface area contributed by atoms with Gasteiger partial charge in [0.2, 0.25) is 0 Å². The van der Waals surface area contributed by atoms with Crippen LogP contribution in [-0.2, 0) is 4.74 Å². The molecule has 0 saturated heterocycles. The van der Waals surface area contributed by atoms with Gasteiger partial charge in [0.15, 0.2) is 5.13 Å². The van der Waals surface area contributed by atoms with Gasteiger partial charge < -0.3 is 4.74 Å². The Morgan fingerprint density at radius 3 is 2.79 bits per heavy atom. The van der Waals surface area contributed by atoms with Gasteiger partial charge in [-0.15, -0.1) is 0 Å². The first-order valence-corrected chi connectivity index (χ1v) is 7.77. The molecule has 4 nitrogen and oxygen atoms in total. The summed E-state index contributed by atoms with van der Waals surface area (Å²) < 4.78 is 7.07. The Morgan fingerprint density at radius 1 is 1.47 bits per heavy atom. The van der Waals surface area contributed by atoms with E-state index in [0.717, 1.165) is 13.8 Å². The van der Waals surface area contributed by atoms with E-state index in [1.165, 1.54) is 11.3 Å². The summed E-state index contributed by atoms with van der Waals surface area (Å²) in [6.45, 7) is 5.44. The number of fused-ring (bicyclic) bond motifs is 1. The van der Waals surface area contributed by atoms with Crippen LogP contribution in [-0.4, -0.2) is 16.7 Å². The number of thiazole rings is 1. The standard InChI is InChI=1S/C12H12ClIN2O2S/c1-12(2,3)18-11(17)16-10-15-9-7(14)4-6(13)5-8(9)19-10/h4-5H,1-3H3,(H,15,16,17). The van der Waals surface area contributed by atoms with E-state index in [0.29, 0.717) is 10.2 Å². The van der Waals surface area contributed by atoms with Crippen LogP contribution < -0.4 is 5.32 Å². The largest absolute Gasteiger partial charge is 0.444 e. The predicted octanol–water partition coefficient (Wildman–Crippen LogP) is 4.90. The van der Waals surface area contributed by atoms with Gasteiger partial charge in [0, 0.05) is 8.59 Å². The first-order chi connectivity index (χ1) is 8.74. The number of anilines is 1.